The van der Waals surface area contributed by atoms with Gasteiger partial charge in [0.1, 0.15) is 0 Å². The van der Waals surface area contributed by atoms with Crippen LogP contribution in [-0.4, -0.2) is 30.8 Å². The normalized spacial score (nSPS) is 11.7. The van der Waals surface area contributed by atoms with E-state index >= 15 is 0 Å². The first-order chi connectivity index (χ1) is 8.91. The van der Waals surface area contributed by atoms with Gasteiger partial charge in [-0.2, -0.15) is 4.31 Å². The van der Waals surface area contributed by atoms with Gasteiger partial charge in [0, 0.05) is 19.5 Å². The van der Waals surface area contributed by atoms with Gasteiger partial charge in [-0.25, -0.2) is 8.42 Å². The van der Waals surface area contributed by atoms with E-state index in [9.17, 15) is 8.42 Å². The summed E-state index contributed by atoms with van der Waals surface area (Å²) in [6.45, 7) is 4.82. The van der Waals surface area contributed by atoms with E-state index in [2.05, 4.69) is 0 Å². The van der Waals surface area contributed by atoms with Crippen molar-refractivity contribution in [3.63, 3.8) is 0 Å². The van der Waals surface area contributed by atoms with Gasteiger partial charge in [0.15, 0.2) is 0 Å². The first kappa shape index (κ1) is 16.1. The number of rotatable bonds is 7. The molecule has 0 saturated heterocycles. The quantitative estimate of drug-likeness (QED) is 0.782. The topological polar surface area (TPSA) is 63.4 Å². The maximum absolute atomic E-state index is 12.4. The first-order valence-corrected chi connectivity index (χ1v) is 8.14. The molecule has 0 aliphatic rings. The molecule has 2 N–H and O–H groups in total. The molecule has 1 aromatic carbocycles. The molecule has 0 saturated carbocycles. The first-order valence-electron chi connectivity index (χ1n) is 6.29. The molecule has 0 aliphatic carbocycles. The monoisotopic (exact) mass is 300 g/mol. The summed E-state index contributed by atoms with van der Waals surface area (Å²) in [5, 5.41) is 0. The summed E-state index contributed by atoms with van der Waals surface area (Å²) >= 11 is 4.83. The highest BCUT2D eigenvalue weighted by atomic mass is 32.2. The van der Waals surface area contributed by atoms with Gasteiger partial charge in [-0.05, 0) is 24.1 Å². The van der Waals surface area contributed by atoms with E-state index in [1.807, 2.05) is 13.8 Å². The third-order valence-corrected chi connectivity index (χ3v) is 4.90. The molecule has 0 aliphatic heterocycles. The van der Waals surface area contributed by atoms with Crippen molar-refractivity contribution < 1.29 is 8.42 Å². The van der Waals surface area contributed by atoms with Crippen LogP contribution in [0.1, 0.15) is 25.8 Å². The van der Waals surface area contributed by atoms with Crippen molar-refractivity contribution in [3.05, 3.63) is 29.8 Å². The van der Waals surface area contributed by atoms with Gasteiger partial charge < -0.3 is 5.73 Å². The number of sulfonamides is 1. The van der Waals surface area contributed by atoms with E-state index in [4.69, 9.17) is 18.0 Å². The van der Waals surface area contributed by atoms with E-state index in [0.29, 0.717) is 29.4 Å². The van der Waals surface area contributed by atoms with Gasteiger partial charge in [-0.1, -0.05) is 38.2 Å². The highest BCUT2D eigenvalue weighted by molar-refractivity contribution is 7.89. The molecule has 1 aromatic rings. The van der Waals surface area contributed by atoms with Gasteiger partial charge >= 0.3 is 0 Å². The molecular formula is C13H20N2O2S2. The third-order valence-electron chi connectivity index (χ3n) is 2.77. The van der Waals surface area contributed by atoms with E-state index in [0.717, 1.165) is 12.0 Å². The van der Waals surface area contributed by atoms with Crippen LogP contribution in [-0.2, 0) is 16.4 Å². The Morgan fingerprint density at radius 3 is 2.26 bits per heavy atom. The minimum Gasteiger partial charge on any atom is -0.393 e. The lowest BCUT2D eigenvalue weighted by molar-refractivity contribution is 0.427. The molecule has 0 amide bonds. The van der Waals surface area contributed by atoms with Crippen molar-refractivity contribution >= 4 is 27.2 Å². The fourth-order valence-electron chi connectivity index (χ4n) is 1.83. The van der Waals surface area contributed by atoms with Gasteiger partial charge in [0.2, 0.25) is 10.0 Å². The Bertz CT molecular complexity index is 524. The summed E-state index contributed by atoms with van der Waals surface area (Å²) in [6.07, 6.45) is 1.29. The lowest BCUT2D eigenvalue weighted by Gasteiger charge is -2.19. The van der Waals surface area contributed by atoms with Crippen LogP contribution in [0.25, 0.3) is 0 Å². The van der Waals surface area contributed by atoms with Gasteiger partial charge in [0.25, 0.3) is 0 Å². The summed E-state index contributed by atoms with van der Waals surface area (Å²) < 4.78 is 26.2. The highest BCUT2D eigenvalue weighted by Gasteiger charge is 2.21. The summed E-state index contributed by atoms with van der Waals surface area (Å²) in [5.74, 6) is 0. The Labute approximate surface area is 120 Å². The third kappa shape index (κ3) is 4.26. The Balaban J connectivity index is 2.98. The molecule has 0 atom stereocenters. The predicted octanol–water partition coefficient (Wildman–Crippen LogP) is 1.94. The van der Waals surface area contributed by atoms with Crippen LogP contribution in [0.5, 0.6) is 0 Å². The summed E-state index contributed by atoms with van der Waals surface area (Å²) in [7, 11) is -3.39. The standard InChI is InChI=1S/C13H20N2O2S2/c1-3-9-15(4-2)19(16,17)12-7-5-11(6-8-12)10-13(14)18/h5-8H,3-4,9-10H2,1-2H3,(H2,14,18). The Morgan fingerprint density at radius 1 is 1.26 bits per heavy atom. The van der Waals surface area contributed by atoms with E-state index < -0.39 is 10.0 Å². The number of hydrogen-bond acceptors (Lipinski definition) is 3. The largest absolute Gasteiger partial charge is 0.393 e. The molecule has 0 bridgehead atoms. The van der Waals surface area contributed by atoms with Crippen LogP contribution >= 0.6 is 12.2 Å². The second-order valence-electron chi connectivity index (χ2n) is 4.28. The van der Waals surface area contributed by atoms with Crippen LogP contribution in [0.15, 0.2) is 29.2 Å². The summed E-state index contributed by atoms with van der Waals surface area (Å²) in [6, 6.07) is 6.74. The van der Waals surface area contributed by atoms with Crippen LogP contribution in [0.3, 0.4) is 0 Å². The maximum atomic E-state index is 12.4. The van der Waals surface area contributed by atoms with Crippen LogP contribution in [0, 0.1) is 0 Å². The SMILES string of the molecule is CCCN(CC)S(=O)(=O)c1ccc(CC(N)=S)cc1. The van der Waals surface area contributed by atoms with Crippen molar-refractivity contribution in [3.8, 4) is 0 Å². The highest BCUT2D eigenvalue weighted by Crippen LogP contribution is 2.17. The smallest absolute Gasteiger partial charge is 0.243 e. The molecule has 4 nitrogen and oxygen atoms in total. The Morgan fingerprint density at radius 2 is 1.84 bits per heavy atom. The maximum Gasteiger partial charge on any atom is 0.243 e. The number of hydrogen-bond donors (Lipinski definition) is 1. The minimum absolute atomic E-state index is 0.314. The average molecular weight is 300 g/mol. The Kier molecular flexibility index (Phi) is 5.90. The van der Waals surface area contributed by atoms with Crippen molar-refractivity contribution in [2.24, 2.45) is 5.73 Å². The summed E-state index contributed by atoms with van der Waals surface area (Å²) in [4.78, 5) is 0.714. The number of nitrogens with two attached hydrogens (primary N) is 1. The van der Waals surface area contributed by atoms with E-state index in [1.165, 1.54) is 4.31 Å². The molecule has 6 heteroatoms. The van der Waals surface area contributed by atoms with Crippen LogP contribution < -0.4 is 5.73 Å². The molecular weight excluding hydrogens is 280 g/mol. The van der Waals surface area contributed by atoms with Gasteiger partial charge in [0.05, 0.1) is 9.88 Å². The molecule has 1 rings (SSSR count). The predicted molar refractivity (Wildman–Crippen MR) is 81.7 cm³/mol. The number of benzene rings is 1. The minimum atomic E-state index is -3.39. The Hall–Kier alpha value is -0.980. The van der Waals surface area contributed by atoms with E-state index in [1.54, 1.807) is 24.3 Å². The number of nitrogens with zero attached hydrogens (tertiary/aromatic N) is 1. The summed E-state index contributed by atoms with van der Waals surface area (Å²) in [5.41, 5.74) is 6.38. The fourth-order valence-corrected chi connectivity index (χ4v) is 3.53. The number of thiocarbonyl (C=S) groups is 1. The van der Waals surface area contributed by atoms with E-state index in [-0.39, 0.29) is 0 Å². The molecule has 0 spiro atoms. The van der Waals surface area contributed by atoms with Crippen LogP contribution in [0.4, 0.5) is 0 Å². The van der Waals surface area contributed by atoms with Gasteiger partial charge in [-0.3, -0.25) is 0 Å². The zero-order valence-corrected chi connectivity index (χ0v) is 12.9. The van der Waals surface area contributed by atoms with Crippen molar-refractivity contribution in [1.29, 1.82) is 0 Å². The van der Waals surface area contributed by atoms with Gasteiger partial charge in [-0.15, -0.1) is 0 Å². The fraction of sp³-hybridized carbons (Fsp3) is 0.462. The molecule has 19 heavy (non-hydrogen) atoms. The second-order valence-corrected chi connectivity index (χ2v) is 6.75. The second kappa shape index (κ2) is 6.98. The molecule has 0 aromatic heterocycles. The molecule has 0 unspecified atom stereocenters. The van der Waals surface area contributed by atoms with Crippen molar-refractivity contribution in [2.75, 3.05) is 13.1 Å². The van der Waals surface area contributed by atoms with Crippen molar-refractivity contribution in [2.45, 2.75) is 31.6 Å². The zero-order chi connectivity index (χ0) is 14.5. The lowest BCUT2D eigenvalue weighted by atomic mass is 10.1. The average Bonchev–Trinajstić information content (AvgIpc) is 2.35. The van der Waals surface area contributed by atoms with Crippen molar-refractivity contribution in [1.82, 2.24) is 4.31 Å². The molecule has 0 fully saturated rings. The van der Waals surface area contributed by atoms with Crippen LogP contribution in [0.2, 0.25) is 0 Å². The lowest BCUT2D eigenvalue weighted by Crippen LogP contribution is -2.31. The molecule has 0 radical (unpaired) electrons. The molecule has 106 valence electrons. The molecule has 0 heterocycles. The zero-order valence-electron chi connectivity index (χ0n) is 11.3.